The molecule has 0 spiro atoms. The lowest BCUT2D eigenvalue weighted by atomic mass is 9.61. The third-order valence-corrected chi connectivity index (χ3v) is 8.59. The fourth-order valence-corrected chi connectivity index (χ4v) is 6.75. The summed E-state index contributed by atoms with van der Waals surface area (Å²) in [6.07, 6.45) is 10.4. The van der Waals surface area contributed by atoms with Gasteiger partial charge < -0.3 is 14.6 Å². The predicted molar refractivity (Wildman–Crippen MR) is 125 cm³/mol. The molecule has 5 rings (SSSR count). The highest BCUT2D eigenvalue weighted by Gasteiger charge is 2.48. The van der Waals surface area contributed by atoms with Gasteiger partial charge in [0.25, 0.3) is 5.56 Å². The molecular formula is C24H36BrN3O3. The van der Waals surface area contributed by atoms with Crippen LogP contribution in [0.2, 0.25) is 0 Å². The molecule has 4 aliphatic carbocycles. The van der Waals surface area contributed by atoms with Crippen LogP contribution in [0.4, 0.5) is 5.82 Å². The first kappa shape index (κ1) is 22.8. The number of hydrogen-bond donors (Lipinski definition) is 1. The lowest BCUT2D eigenvalue weighted by Crippen LogP contribution is -2.52. The van der Waals surface area contributed by atoms with Crippen molar-refractivity contribution in [3.8, 4) is 0 Å². The van der Waals surface area contributed by atoms with Gasteiger partial charge >= 0.3 is 5.97 Å². The Morgan fingerprint density at radius 1 is 1.10 bits per heavy atom. The summed E-state index contributed by atoms with van der Waals surface area (Å²) in [5, 5.41) is 3.42. The zero-order valence-electron chi connectivity index (χ0n) is 19.2. The van der Waals surface area contributed by atoms with Gasteiger partial charge in [0.1, 0.15) is 4.60 Å². The largest absolute Gasteiger partial charge is 0.469 e. The molecule has 2 bridgehead atoms. The summed E-state index contributed by atoms with van der Waals surface area (Å²) in [5.74, 6) is 1.40. The van der Waals surface area contributed by atoms with Gasteiger partial charge in [-0.05, 0) is 90.5 Å². The van der Waals surface area contributed by atoms with Gasteiger partial charge in [-0.2, -0.15) is 0 Å². The molecular weight excluding hydrogens is 458 g/mol. The minimum atomic E-state index is -0.201. The second-order valence-corrected chi connectivity index (χ2v) is 11.7. The SMILES string of the molecule is COC(=O)[C@H]1C2CCC(CC2)[C@@H]1Nc1nc(Br)cn(C2CCC(C(C)(C)C)CC2)c1=O. The number of aromatic nitrogens is 2. The van der Waals surface area contributed by atoms with E-state index < -0.39 is 0 Å². The van der Waals surface area contributed by atoms with Gasteiger partial charge in [0.05, 0.1) is 13.0 Å². The van der Waals surface area contributed by atoms with E-state index in [0.29, 0.717) is 33.6 Å². The zero-order chi connectivity index (χ0) is 22.3. The number of halogens is 1. The third-order valence-electron chi connectivity index (χ3n) is 8.21. The van der Waals surface area contributed by atoms with Crippen LogP contribution in [0.3, 0.4) is 0 Å². The molecule has 1 heterocycles. The van der Waals surface area contributed by atoms with Gasteiger partial charge in [0, 0.05) is 18.3 Å². The van der Waals surface area contributed by atoms with E-state index in [9.17, 15) is 9.59 Å². The fraction of sp³-hybridized carbons (Fsp3) is 0.792. The number of nitrogens with one attached hydrogen (secondary N) is 1. The second kappa shape index (κ2) is 8.87. The molecule has 2 atom stereocenters. The van der Waals surface area contributed by atoms with Crippen molar-refractivity contribution < 1.29 is 9.53 Å². The summed E-state index contributed by atoms with van der Waals surface area (Å²) in [6, 6.07) is 0.115. The molecule has 4 aliphatic rings. The Morgan fingerprint density at radius 2 is 1.71 bits per heavy atom. The van der Waals surface area contributed by atoms with Crippen molar-refractivity contribution in [1.82, 2.24) is 9.55 Å². The molecule has 0 saturated heterocycles. The molecule has 1 aromatic heterocycles. The van der Waals surface area contributed by atoms with E-state index in [1.165, 1.54) is 7.11 Å². The summed E-state index contributed by atoms with van der Waals surface area (Å²) in [4.78, 5) is 30.5. The summed E-state index contributed by atoms with van der Waals surface area (Å²) in [6.45, 7) is 6.93. The molecule has 31 heavy (non-hydrogen) atoms. The lowest BCUT2D eigenvalue weighted by molar-refractivity contribution is -0.152. The molecule has 172 valence electrons. The van der Waals surface area contributed by atoms with Crippen molar-refractivity contribution in [3.05, 3.63) is 21.2 Å². The fourth-order valence-electron chi connectivity index (χ4n) is 6.35. The van der Waals surface area contributed by atoms with Gasteiger partial charge in [0.15, 0.2) is 5.82 Å². The Kier molecular flexibility index (Phi) is 6.53. The van der Waals surface area contributed by atoms with E-state index in [4.69, 9.17) is 4.74 Å². The average molecular weight is 494 g/mol. The number of carbonyl (C=O) groups excluding carboxylic acids is 1. The van der Waals surface area contributed by atoms with Crippen LogP contribution in [0.5, 0.6) is 0 Å². The highest BCUT2D eigenvalue weighted by atomic mass is 79.9. The van der Waals surface area contributed by atoms with Crippen molar-refractivity contribution in [2.24, 2.45) is 29.1 Å². The molecule has 4 fully saturated rings. The average Bonchev–Trinajstić information content (AvgIpc) is 2.75. The number of nitrogens with zero attached hydrogens (tertiary/aromatic N) is 2. The van der Waals surface area contributed by atoms with E-state index >= 15 is 0 Å². The van der Waals surface area contributed by atoms with Crippen LogP contribution in [0, 0.1) is 29.1 Å². The topological polar surface area (TPSA) is 73.2 Å². The molecule has 1 aromatic rings. The maximum atomic E-state index is 13.4. The molecule has 0 amide bonds. The first-order valence-corrected chi connectivity index (χ1v) is 12.6. The summed E-state index contributed by atoms with van der Waals surface area (Å²) < 4.78 is 7.65. The van der Waals surface area contributed by atoms with Crippen molar-refractivity contribution in [2.75, 3.05) is 12.4 Å². The number of hydrogen-bond acceptors (Lipinski definition) is 5. The van der Waals surface area contributed by atoms with Crippen LogP contribution in [0.25, 0.3) is 0 Å². The van der Waals surface area contributed by atoms with Gasteiger partial charge in [0.2, 0.25) is 0 Å². The minimum Gasteiger partial charge on any atom is -0.469 e. The van der Waals surface area contributed by atoms with Crippen LogP contribution >= 0.6 is 15.9 Å². The van der Waals surface area contributed by atoms with Crippen LogP contribution < -0.4 is 10.9 Å². The first-order valence-electron chi connectivity index (χ1n) is 11.8. The number of rotatable bonds is 4. The standard InChI is InChI=1S/C24H36BrN3O3/c1-24(2,3)16-9-11-17(12-10-16)28-13-18(25)26-21(22(28)29)27-20-15-7-5-14(6-8-15)19(20)23(30)31-4/h13-17,19-20H,5-12H2,1-4H3,(H,26,27)/t14?,15?,16?,17?,19-,20-/m0/s1. The maximum Gasteiger partial charge on any atom is 0.311 e. The van der Waals surface area contributed by atoms with E-state index in [-0.39, 0.29) is 29.5 Å². The zero-order valence-corrected chi connectivity index (χ0v) is 20.8. The molecule has 1 N–H and O–H groups in total. The molecule has 0 radical (unpaired) electrons. The Bertz CT molecular complexity index is 862. The van der Waals surface area contributed by atoms with Gasteiger partial charge in [-0.25, -0.2) is 4.98 Å². The summed E-state index contributed by atoms with van der Waals surface area (Å²) in [5.41, 5.74) is 0.234. The smallest absolute Gasteiger partial charge is 0.311 e. The summed E-state index contributed by atoms with van der Waals surface area (Å²) >= 11 is 3.52. The molecule has 6 nitrogen and oxygen atoms in total. The van der Waals surface area contributed by atoms with E-state index in [1.54, 1.807) is 0 Å². The number of carbonyl (C=O) groups is 1. The minimum absolute atomic E-state index is 0.0764. The van der Waals surface area contributed by atoms with E-state index in [0.717, 1.165) is 51.4 Å². The highest BCUT2D eigenvalue weighted by molar-refractivity contribution is 9.10. The van der Waals surface area contributed by atoms with Crippen LogP contribution in [0.15, 0.2) is 15.6 Å². The number of esters is 1. The van der Waals surface area contributed by atoms with Crippen molar-refractivity contribution in [2.45, 2.75) is 84.2 Å². The van der Waals surface area contributed by atoms with Crippen LogP contribution in [0.1, 0.15) is 78.2 Å². The quantitative estimate of drug-likeness (QED) is 0.585. The van der Waals surface area contributed by atoms with Crippen LogP contribution in [-0.4, -0.2) is 28.7 Å². The van der Waals surface area contributed by atoms with Gasteiger partial charge in [-0.1, -0.05) is 20.8 Å². The van der Waals surface area contributed by atoms with E-state index in [1.807, 2.05) is 10.8 Å². The van der Waals surface area contributed by atoms with Gasteiger partial charge in [-0.3, -0.25) is 9.59 Å². The van der Waals surface area contributed by atoms with Crippen LogP contribution in [-0.2, 0) is 9.53 Å². The predicted octanol–water partition coefficient (Wildman–Crippen LogP) is 5.17. The first-order chi connectivity index (χ1) is 14.7. The maximum absolute atomic E-state index is 13.4. The second-order valence-electron chi connectivity index (χ2n) is 10.9. The third kappa shape index (κ3) is 4.57. The number of anilines is 1. The molecule has 0 unspecified atom stereocenters. The molecule has 7 heteroatoms. The van der Waals surface area contributed by atoms with Crippen molar-refractivity contribution in [1.29, 1.82) is 0 Å². The van der Waals surface area contributed by atoms with E-state index in [2.05, 4.69) is 47.0 Å². The number of fused-ring (bicyclic) bond motifs is 3. The van der Waals surface area contributed by atoms with Crippen molar-refractivity contribution in [3.63, 3.8) is 0 Å². The molecule has 4 saturated carbocycles. The molecule has 0 aromatic carbocycles. The Labute approximate surface area is 193 Å². The lowest BCUT2D eigenvalue weighted by Gasteiger charge is -2.47. The molecule has 0 aliphatic heterocycles. The number of methoxy groups -OCH3 is 1. The Morgan fingerprint density at radius 3 is 2.29 bits per heavy atom. The monoisotopic (exact) mass is 493 g/mol. The normalized spacial score (nSPS) is 33.2. The Balaban J connectivity index is 1.57. The summed E-state index contributed by atoms with van der Waals surface area (Å²) in [7, 11) is 1.46. The highest BCUT2D eigenvalue weighted by Crippen LogP contribution is 2.46. The number of ether oxygens (including phenoxy) is 1. The Hall–Kier alpha value is -1.37. The van der Waals surface area contributed by atoms with Gasteiger partial charge in [-0.15, -0.1) is 0 Å². The van der Waals surface area contributed by atoms with Crippen molar-refractivity contribution >= 4 is 27.7 Å².